The molecule has 0 aliphatic rings. The molecule has 2 heterocycles. The second kappa shape index (κ2) is 8.59. The number of hydrazine groups is 1. The Balaban J connectivity index is 1.61. The Hall–Kier alpha value is -3.97. The molecule has 30 heavy (non-hydrogen) atoms. The molecule has 2 N–H and O–H groups in total. The number of hydrogen-bond acceptors (Lipinski definition) is 4. The molecule has 0 aliphatic carbocycles. The van der Waals surface area contributed by atoms with E-state index in [1.54, 1.807) is 10.9 Å². The van der Waals surface area contributed by atoms with Gasteiger partial charge in [0.15, 0.2) is 0 Å². The van der Waals surface area contributed by atoms with Crippen LogP contribution < -0.4 is 10.9 Å². The standard InChI is InChI=1S/C22H16ClN5O2/c23-19-13-16(11-12-24-19)21(29)25-26-22(30)18-14-28(17-9-5-2-6-10-17)27-20(18)15-7-3-1-4-8-15/h1-14H,(H,25,29)(H,26,30). The molecular weight excluding hydrogens is 402 g/mol. The van der Waals surface area contributed by atoms with E-state index >= 15 is 0 Å². The predicted molar refractivity (Wildman–Crippen MR) is 113 cm³/mol. The van der Waals surface area contributed by atoms with Gasteiger partial charge in [0, 0.05) is 23.5 Å². The predicted octanol–water partition coefficient (Wildman–Crippen LogP) is 3.66. The van der Waals surface area contributed by atoms with E-state index in [2.05, 4.69) is 20.9 Å². The summed E-state index contributed by atoms with van der Waals surface area (Å²) in [6, 6.07) is 21.7. The third kappa shape index (κ3) is 4.21. The highest BCUT2D eigenvalue weighted by Crippen LogP contribution is 2.23. The Labute approximate surface area is 177 Å². The second-order valence-electron chi connectivity index (χ2n) is 6.31. The van der Waals surface area contributed by atoms with Crippen molar-refractivity contribution in [2.45, 2.75) is 0 Å². The maximum Gasteiger partial charge on any atom is 0.273 e. The van der Waals surface area contributed by atoms with Crippen LogP contribution in [0, 0.1) is 0 Å². The maximum atomic E-state index is 12.9. The van der Waals surface area contributed by atoms with Crippen molar-refractivity contribution >= 4 is 23.4 Å². The first-order chi connectivity index (χ1) is 14.6. The summed E-state index contributed by atoms with van der Waals surface area (Å²) in [6.45, 7) is 0. The fraction of sp³-hybridized carbons (Fsp3) is 0. The van der Waals surface area contributed by atoms with Gasteiger partial charge in [-0.2, -0.15) is 5.10 Å². The molecule has 0 radical (unpaired) electrons. The van der Waals surface area contributed by atoms with Gasteiger partial charge in [-0.25, -0.2) is 9.67 Å². The number of rotatable bonds is 4. The molecule has 4 aromatic rings. The van der Waals surface area contributed by atoms with Gasteiger partial charge >= 0.3 is 0 Å². The van der Waals surface area contributed by atoms with Gasteiger partial charge in [-0.3, -0.25) is 20.4 Å². The van der Waals surface area contributed by atoms with Crippen molar-refractivity contribution in [3.05, 3.63) is 101 Å². The summed E-state index contributed by atoms with van der Waals surface area (Å²) < 4.78 is 1.63. The lowest BCUT2D eigenvalue weighted by Crippen LogP contribution is -2.41. The number of amides is 2. The molecule has 148 valence electrons. The smallest absolute Gasteiger partial charge is 0.267 e. The van der Waals surface area contributed by atoms with Crippen molar-refractivity contribution in [2.24, 2.45) is 0 Å². The molecule has 8 heteroatoms. The summed E-state index contributed by atoms with van der Waals surface area (Å²) in [7, 11) is 0. The largest absolute Gasteiger partial charge is 0.273 e. The third-order valence-electron chi connectivity index (χ3n) is 4.31. The van der Waals surface area contributed by atoms with Crippen LogP contribution in [0.3, 0.4) is 0 Å². The van der Waals surface area contributed by atoms with Gasteiger partial charge in [-0.15, -0.1) is 0 Å². The van der Waals surface area contributed by atoms with Crippen molar-refractivity contribution in [3.8, 4) is 16.9 Å². The first kappa shape index (κ1) is 19.4. The molecule has 2 amide bonds. The fourth-order valence-corrected chi connectivity index (χ4v) is 3.03. The zero-order chi connectivity index (χ0) is 20.9. The van der Waals surface area contributed by atoms with Crippen LogP contribution in [0.25, 0.3) is 16.9 Å². The normalized spacial score (nSPS) is 10.4. The van der Waals surface area contributed by atoms with E-state index in [0.29, 0.717) is 11.3 Å². The summed E-state index contributed by atoms with van der Waals surface area (Å²) in [5.74, 6) is -1.01. The molecule has 0 atom stereocenters. The van der Waals surface area contributed by atoms with Gasteiger partial charge in [0.2, 0.25) is 0 Å². The van der Waals surface area contributed by atoms with Crippen molar-refractivity contribution in [3.63, 3.8) is 0 Å². The molecule has 2 aromatic heterocycles. The van der Waals surface area contributed by atoms with Crippen molar-refractivity contribution in [1.29, 1.82) is 0 Å². The summed E-state index contributed by atoms with van der Waals surface area (Å²) >= 11 is 5.81. The SMILES string of the molecule is O=C(NNC(=O)c1cn(-c2ccccc2)nc1-c1ccccc1)c1ccnc(Cl)c1. The van der Waals surface area contributed by atoms with E-state index in [-0.39, 0.29) is 10.7 Å². The molecule has 0 fully saturated rings. The van der Waals surface area contributed by atoms with Crippen LogP contribution in [0.1, 0.15) is 20.7 Å². The number of carbonyl (C=O) groups is 2. The summed E-state index contributed by atoms with van der Waals surface area (Å²) in [6.07, 6.45) is 3.04. The minimum Gasteiger partial charge on any atom is -0.267 e. The van der Waals surface area contributed by atoms with Crippen molar-refractivity contribution in [1.82, 2.24) is 25.6 Å². The van der Waals surface area contributed by atoms with Crippen molar-refractivity contribution in [2.75, 3.05) is 0 Å². The highest BCUT2D eigenvalue weighted by molar-refractivity contribution is 6.29. The Morgan fingerprint density at radius 1 is 0.867 bits per heavy atom. The Morgan fingerprint density at radius 2 is 1.53 bits per heavy atom. The van der Waals surface area contributed by atoms with Gasteiger partial charge in [-0.1, -0.05) is 60.1 Å². The van der Waals surface area contributed by atoms with Gasteiger partial charge in [-0.05, 0) is 24.3 Å². The maximum absolute atomic E-state index is 12.9. The number of aromatic nitrogens is 3. The average Bonchev–Trinajstić information content (AvgIpc) is 3.24. The van der Waals surface area contributed by atoms with Gasteiger partial charge < -0.3 is 0 Å². The van der Waals surface area contributed by atoms with Crippen LogP contribution in [0.15, 0.2) is 85.2 Å². The molecule has 0 aliphatic heterocycles. The molecule has 0 unspecified atom stereocenters. The summed E-state index contributed by atoms with van der Waals surface area (Å²) in [5.41, 5.74) is 7.51. The molecule has 7 nitrogen and oxygen atoms in total. The molecule has 4 rings (SSSR count). The lowest BCUT2D eigenvalue weighted by atomic mass is 10.1. The Morgan fingerprint density at radius 3 is 2.23 bits per heavy atom. The minimum absolute atomic E-state index is 0.185. The zero-order valence-corrected chi connectivity index (χ0v) is 16.4. The van der Waals surface area contributed by atoms with Gasteiger partial charge in [0.25, 0.3) is 11.8 Å². The first-order valence-electron chi connectivity index (χ1n) is 9.04. The number of carbonyl (C=O) groups excluding carboxylic acids is 2. The third-order valence-corrected chi connectivity index (χ3v) is 4.51. The van der Waals surface area contributed by atoms with Gasteiger partial charge in [0.1, 0.15) is 10.8 Å². The number of nitrogens with zero attached hydrogens (tertiary/aromatic N) is 3. The Bertz CT molecular complexity index is 1190. The lowest BCUT2D eigenvalue weighted by molar-refractivity contribution is 0.0847. The number of halogens is 1. The molecule has 0 saturated carbocycles. The number of nitrogens with one attached hydrogen (secondary N) is 2. The first-order valence-corrected chi connectivity index (χ1v) is 9.42. The molecule has 2 aromatic carbocycles. The van der Waals surface area contributed by atoms with Crippen molar-refractivity contribution < 1.29 is 9.59 Å². The molecule has 0 spiro atoms. The van der Waals surface area contributed by atoms with E-state index in [0.717, 1.165) is 11.3 Å². The second-order valence-corrected chi connectivity index (χ2v) is 6.70. The van der Waals surface area contributed by atoms with Crippen LogP contribution in [-0.2, 0) is 0 Å². The number of hydrogen-bond donors (Lipinski definition) is 2. The van der Waals surface area contributed by atoms with Crippen LogP contribution in [-0.4, -0.2) is 26.6 Å². The average molecular weight is 418 g/mol. The zero-order valence-electron chi connectivity index (χ0n) is 15.6. The molecular formula is C22H16ClN5O2. The minimum atomic E-state index is -0.510. The lowest BCUT2D eigenvalue weighted by Gasteiger charge is -2.07. The summed E-state index contributed by atoms with van der Waals surface area (Å²) in [4.78, 5) is 29.0. The number of benzene rings is 2. The molecule has 0 bridgehead atoms. The summed E-state index contributed by atoms with van der Waals surface area (Å²) in [5, 5.41) is 4.77. The number of para-hydroxylation sites is 1. The highest BCUT2D eigenvalue weighted by Gasteiger charge is 2.19. The molecule has 0 saturated heterocycles. The van der Waals surface area contributed by atoms with Crippen LogP contribution in [0.4, 0.5) is 0 Å². The van der Waals surface area contributed by atoms with Crippen LogP contribution in [0.5, 0.6) is 0 Å². The monoisotopic (exact) mass is 417 g/mol. The van der Waals surface area contributed by atoms with Gasteiger partial charge in [0.05, 0.1) is 11.3 Å². The van der Waals surface area contributed by atoms with Crippen LogP contribution >= 0.6 is 11.6 Å². The quantitative estimate of drug-likeness (QED) is 0.391. The van der Waals surface area contributed by atoms with E-state index in [9.17, 15) is 9.59 Å². The van der Waals surface area contributed by atoms with E-state index < -0.39 is 11.8 Å². The van der Waals surface area contributed by atoms with E-state index in [1.165, 1.54) is 18.3 Å². The fourth-order valence-electron chi connectivity index (χ4n) is 2.86. The number of pyridine rings is 1. The van der Waals surface area contributed by atoms with E-state index in [4.69, 9.17) is 11.6 Å². The highest BCUT2D eigenvalue weighted by atomic mass is 35.5. The topological polar surface area (TPSA) is 88.9 Å². The Kier molecular flexibility index (Phi) is 5.54. The van der Waals surface area contributed by atoms with Crippen LogP contribution in [0.2, 0.25) is 5.15 Å². The van der Waals surface area contributed by atoms with E-state index in [1.807, 2.05) is 60.7 Å².